The second kappa shape index (κ2) is 6.35. The highest BCUT2D eigenvalue weighted by molar-refractivity contribution is 7.91. The lowest BCUT2D eigenvalue weighted by molar-refractivity contribution is 0.247. The minimum atomic E-state index is -3.30. The topological polar surface area (TPSA) is 49.4 Å². The molecule has 1 unspecified atom stereocenters. The second-order valence-electron chi connectivity index (χ2n) is 4.98. The van der Waals surface area contributed by atoms with E-state index in [2.05, 4.69) is 12.2 Å². The molecule has 0 radical (unpaired) electrons. The fourth-order valence-electron chi connectivity index (χ4n) is 2.60. The number of rotatable bonds is 5. The summed E-state index contributed by atoms with van der Waals surface area (Å²) in [4.78, 5) is 0. The predicted molar refractivity (Wildman–Crippen MR) is 78.9 cm³/mol. The molecule has 1 aliphatic heterocycles. The van der Waals surface area contributed by atoms with Crippen LogP contribution in [0.5, 0.6) is 0 Å². The van der Waals surface area contributed by atoms with Crippen LogP contribution < -0.4 is 5.32 Å². The highest BCUT2D eigenvalue weighted by Crippen LogP contribution is 2.30. The Hall–Kier alpha value is -0.430. The van der Waals surface area contributed by atoms with Gasteiger partial charge in [-0.1, -0.05) is 13.3 Å². The third-order valence-corrected chi connectivity index (χ3v) is 7.03. The highest BCUT2D eigenvalue weighted by atomic mass is 32.2. The van der Waals surface area contributed by atoms with E-state index in [0.29, 0.717) is 17.3 Å². The van der Waals surface area contributed by atoms with Gasteiger partial charge in [0, 0.05) is 19.1 Å². The average Bonchev–Trinajstić information content (AvgIpc) is 2.88. The maximum atomic E-state index is 12.7. The molecule has 0 saturated carbocycles. The van der Waals surface area contributed by atoms with E-state index in [1.165, 1.54) is 11.3 Å². The molecule has 1 aliphatic rings. The normalized spacial score (nSPS) is 21.7. The molecule has 0 amide bonds. The highest BCUT2D eigenvalue weighted by Gasteiger charge is 2.33. The summed E-state index contributed by atoms with van der Waals surface area (Å²) in [5, 5.41) is 4.97. The van der Waals surface area contributed by atoms with Crippen molar-refractivity contribution in [2.45, 2.75) is 49.4 Å². The summed E-state index contributed by atoms with van der Waals surface area (Å²) in [6, 6.07) is 1.98. The number of sulfonamides is 1. The maximum absolute atomic E-state index is 12.7. The number of thiophene rings is 1. The molecule has 2 heterocycles. The second-order valence-corrected chi connectivity index (χ2v) is 8.01. The molecule has 1 aromatic rings. The van der Waals surface area contributed by atoms with Gasteiger partial charge in [-0.15, -0.1) is 11.3 Å². The van der Waals surface area contributed by atoms with Crippen molar-refractivity contribution in [1.29, 1.82) is 0 Å². The molecule has 108 valence electrons. The summed E-state index contributed by atoms with van der Waals surface area (Å²) in [5.74, 6) is 0. The minimum absolute atomic E-state index is 0.175. The Kier molecular flexibility index (Phi) is 5.00. The molecule has 4 nitrogen and oxygen atoms in total. The number of hydrogen-bond donors (Lipinski definition) is 1. The van der Waals surface area contributed by atoms with E-state index in [-0.39, 0.29) is 6.04 Å². The van der Waals surface area contributed by atoms with Crippen LogP contribution in [0.2, 0.25) is 0 Å². The van der Waals surface area contributed by atoms with Crippen molar-refractivity contribution in [2.24, 2.45) is 0 Å². The molecule has 1 aromatic heterocycles. The fourth-order valence-corrected chi connectivity index (χ4v) is 5.70. The SMILES string of the molecule is CCC1CCCCN1S(=O)(=O)c1cc(CNC)cs1. The quantitative estimate of drug-likeness (QED) is 0.909. The van der Waals surface area contributed by atoms with Gasteiger partial charge in [0.05, 0.1) is 0 Å². The van der Waals surface area contributed by atoms with Crippen molar-refractivity contribution in [3.63, 3.8) is 0 Å². The smallest absolute Gasteiger partial charge is 0.252 e. The molecule has 6 heteroatoms. The third-order valence-electron chi connectivity index (χ3n) is 3.62. The molecule has 1 fully saturated rings. The summed E-state index contributed by atoms with van der Waals surface area (Å²) in [7, 11) is -1.43. The van der Waals surface area contributed by atoms with Crippen LogP contribution in [0.15, 0.2) is 15.7 Å². The molecule has 19 heavy (non-hydrogen) atoms. The molecule has 1 N–H and O–H groups in total. The summed E-state index contributed by atoms with van der Waals surface area (Å²) < 4.78 is 27.6. The van der Waals surface area contributed by atoms with Gasteiger partial charge < -0.3 is 5.32 Å². The van der Waals surface area contributed by atoms with Crippen LogP contribution >= 0.6 is 11.3 Å². The van der Waals surface area contributed by atoms with Crippen LogP contribution in [-0.2, 0) is 16.6 Å². The van der Waals surface area contributed by atoms with Crippen molar-refractivity contribution in [1.82, 2.24) is 9.62 Å². The van der Waals surface area contributed by atoms with Crippen LogP contribution in [0.25, 0.3) is 0 Å². The van der Waals surface area contributed by atoms with Gasteiger partial charge in [-0.2, -0.15) is 4.31 Å². The molecule has 0 spiro atoms. The Bertz CT molecular complexity index is 510. The molecular formula is C13H22N2O2S2. The first-order valence-electron chi connectivity index (χ1n) is 6.83. The Morgan fingerprint density at radius 2 is 2.26 bits per heavy atom. The zero-order valence-corrected chi connectivity index (χ0v) is 13.2. The summed E-state index contributed by atoms with van der Waals surface area (Å²) in [6.07, 6.45) is 4.00. The van der Waals surface area contributed by atoms with E-state index in [1.807, 2.05) is 12.4 Å². The van der Waals surface area contributed by atoms with Gasteiger partial charge in [0.15, 0.2) is 0 Å². The van der Waals surface area contributed by atoms with Gasteiger partial charge in [-0.3, -0.25) is 0 Å². The Morgan fingerprint density at radius 3 is 2.95 bits per heavy atom. The van der Waals surface area contributed by atoms with Crippen LogP contribution in [-0.4, -0.2) is 32.4 Å². The number of hydrogen-bond acceptors (Lipinski definition) is 4. The standard InChI is InChI=1S/C13H22N2O2S2/c1-3-12-6-4-5-7-15(12)19(16,17)13-8-11(9-14-2)10-18-13/h8,10,12,14H,3-7,9H2,1-2H3. The zero-order chi connectivity index (χ0) is 13.9. The Labute approximate surface area is 119 Å². The largest absolute Gasteiger partial charge is 0.316 e. The van der Waals surface area contributed by atoms with E-state index in [1.54, 1.807) is 10.4 Å². The lowest BCUT2D eigenvalue weighted by Gasteiger charge is -2.33. The van der Waals surface area contributed by atoms with E-state index >= 15 is 0 Å². The van der Waals surface area contributed by atoms with Crippen molar-refractivity contribution >= 4 is 21.4 Å². The molecule has 0 aromatic carbocycles. The zero-order valence-electron chi connectivity index (χ0n) is 11.6. The molecule has 2 rings (SSSR count). The monoisotopic (exact) mass is 302 g/mol. The first-order chi connectivity index (χ1) is 9.09. The lowest BCUT2D eigenvalue weighted by Crippen LogP contribution is -2.42. The van der Waals surface area contributed by atoms with E-state index < -0.39 is 10.0 Å². The number of nitrogens with one attached hydrogen (secondary N) is 1. The van der Waals surface area contributed by atoms with Crippen LogP contribution in [0.3, 0.4) is 0 Å². The van der Waals surface area contributed by atoms with E-state index in [0.717, 1.165) is 31.2 Å². The fraction of sp³-hybridized carbons (Fsp3) is 0.692. The lowest BCUT2D eigenvalue weighted by atomic mass is 10.0. The molecule has 0 aliphatic carbocycles. The summed E-state index contributed by atoms with van der Waals surface area (Å²) in [5.41, 5.74) is 1.04. The predicted octanol–water partition coefficient (Wildman–Crippen LogP) is 2.42. The average molecular weight is 302 g/mol. The molecular weight excluding hydrogens is 280 g/mol. The summed E-state index contributed by atoms with van der Waals surface area (Å²) >= 11 is 1.33. The number of nitrogens with zero attached hydrogens (tertiary/aromatic N) is 1. The Balaban J connectivity index is 2.24. The molecule has 1 saturated heterocycles. The van der Waals surface area contributed by atoms with E-state index in [4.69, 9.17) is 0 Å². The Morgan fingerprint density at radius 1 is 1.47 bits per heavy atom. The van der Waals surface area contributed by atoms with Crippen LogP contribution in [0.4, 0.5) is 0 Å². The van der Waals surface area contributed by atoms with Gasteiger partial charge in [0.2, 0.25) is 0 Å². The van der Waals surface area contributed by atoms with Gasteiger partial charge in [0.25, 0.3) is 10.0 Å². The maximum Gasteiger partial charge on any atom is 0.252 e. The van der Waals surface area contributed by atoms with Gasteiger partial charge in [-0.25, -0.2) is 8.42 Å². The van der Waals surface area contributed by atoms with Gasteiger partial charge in [-0.05, 0) is 43.3 Å². The van der Waals surface area contributed by atoms with Crippen molar-refractivity contribution < 1.29 is 8.42 Å². The van der Waals surface area contributed by atoms with Crippen molar-refractivity contribution in [3.05, 3.63) is 17.0 Å². The van der Waals surface area contributed by atoms with Crippen LogP contribution in [0.1, 0.15) is 38.2 Å². The minimum Gasteiger partial charge on any atom is -0.316 e. The van der Waals surface area contributed by atoms with Crippen molar-refractivity contribution in [3.8, 4) is 0 Å². The van der Waals surface area contributed by atoms with Gasteiger partial charge in [0.1, 0.15) is 4.21 Å². The molecule has 0 bridgehead atoms. The first kappa shape index (κ1) is 15.0. The molecule has 1 atom stereocenters. The first-order valence-corrected chi connectivity index (χ1v) is 9.15. The summed E-state index contributed by atoms with van der Waals surface area (Å²) in [6.45, 7) is 3.45. The van der Waals surface area contributed by atoms with E-state index in [9.17, 15) is 8.42 Å². The van der Waals surface area contributed by atoms with Gasteiger partial charge >= 0.3 is 0 Å². The van der Waals surface area contributed by atoms with Crippen molar-refractivity contribution in [2.75, 3.05) is 13.6 Å². The third kappa shape index (κ3) is 3.18. The van der Waals surface area contributed by atoms with Crippen LogP contribution in [0, 0.1) is 0 Å². The number of piperidine rings is 1.